The van der Waals surface area contributed by atoms with E-state index in [4.69, 9.17) is 5.73 Å². The number of nitrogens with zero attached hydrogens (tertiary/aromatic N) is 2. The van der Waals surface area contributed by atoms with Gasteiger partial charge in [0, 0.05) is 13.1 Å². The van der Waals surface area contributed by atoms with Crippen LogP contribution in [0, 0.1) is 12.3 Å². The van der Waals surface area contributed by atoms with Gasteiger partial charge in [0.25, 0.3) is 5.91 Å². The molecule has 0 spiro atoms. The van der Waals surface area contributed by atoms with Crippen molar-refractivity contribution in [1.29, 1.82) is 0 Å². The van der Waals surface area contributed by atoms with Crippen LogP contribution in [0.1, 0.15) is 28.7 Å². The third-order valence-corrected chi connectivity index (χ3v) is 6.25. The highest BCUT2D eigenvalue weighted by Gasteiger charge is 2.36. The summed E-state index contributed by atoms with van der Waals surface area (Å²) >= 11 is 3.15. The van der Waals surface area contributed by atoms with Crippen LogP contribution in [0.25, 0.3) is 9.88 Å². The molecule has 1 aliphatic rings. The smallest absolute Gasteiger partial charge is 0.265 e. The normalized spacial score (nSPS) is 22.0. The van der Waals surface area contributed by atoms with Crippen molar-refractivity contribution in [2.75, 3.05) is 19.6 Å². The SMILES string of the molecule is Cc1nc(-c2cccs2)sc1C(=O)N1CCC(C)(CN)C1. The van der Waals surface area contributed by atoms with Crippen LogP contribution in [0.15, 0.2) is 17.5 Å². The van der Waals surface area contributed by atoms with Gasteiger partial charge >= 0.3 is 0 Å². The molecule has 1 amide bonds. The first-order chi connectivity index (χ1) is 10.0. The maximum atomic E-state index is 12.7. The Hall–Kier alpha value is -1.24. The van der Waals surface area contributed by atoms with Crippen LogP contribution in [0.5, 0.6) is 0 Å². The van der Waals surface area contributed by atoms with Gasteiger partial charge in [-0.15, -0.1) is 22.7 Å². The first-order valence-corrected chi connectivity index (χ1v) is 8.73. The van der Waals surface area contributed by atoms with Crippen molar-refractivity contribution in [3.8, 4) is 9.88 Å². The topological polar surface area (TPSA) is 59.2 Å². The predicted octanol–water partition coefficient (Wildman–Crippen LogP) is 2.99. The lowest BCUT2D eigenvalue weighted by molar-refractivity contribution is 0.0780. The predicted molar refractivity (Wildman–Crippen MR) is 87.8 cm³/mol. The van der Waals surface area contributed by atoms with E-state index < -0.39 is 0 Å². The number of likely N-dealkylation sites (tertiary alicyclic amines) is 1. The van der Waals surface area contributed by atoms with E-state index >= 15 is 0 Å². The quantitative estimate of drug-likeness (QED) is 0.945. The van der Waals surface area contributed by atoms with Crippen LogP contribution >= 0.6 is 22.7 Å². The summed E-state index contributed by atoms with van der Waals surface area (Å²) in [6, 6.07) is 4.05. The van der Waals surface area contributed by atoms with Gasteiger partial charge in [0.15, 0.2) is 0 Å². The lowest BCUT2D eigenvalue weighted by Crippen LogP contribution is -2.34. The summed E-state index contributed by atoms with van der Waals surface area (Å²) in [4.78, 5) is 21.1. The van der Waals surface area contributed by atoms with E-state index in [0.29, 0.717) is 6.54 Å². The molecule has 0 aromatic carbocycles. The first kappa shape index (κ1) is 14.7. The van der Waals surface area contributed by atoms with Gasteiger partial charge in [-0.05, 0) is 36.8 Å². The van der Waals surface area contributed by atoms with Crippen LogP contribution in [-0.4, -0.2) is 35.4 Å². The molecule has 112 valence electrons. The average Bonchev–Trinajstić information content (AvgIpc) is 3.17. The monoisotopic (exact) mass is 321 g/mol. The number of rotatable bonds is 3. The van der Waals surface area contributed by atoms with E-state index in [9.17, 15) is 4.79 Å². The fraction of sp³-hybridized carbons (Fsp3) is 0.467. The number of hydrogen-bond acceptors (Lipinski definition) is 5. The van der Waals surface area contributed by atoms with Crippen molar-refractivity contribution >= 4 is 28.6 Å². The number of thiophene rings is 1. The number of amides is 1. The summed E-state index contributed by atoms with van der Waals surface area (Å²) in [5.74, 6) is 0.102. The molecule has 0 saturated carbocycles. The number of carbonyl (C=O) groups excluding carboxylic acids is 1. The van der Waals surface area contributed by atoms with Crippen LogP contribution in [-0.2, 0) is 0 Å². The molecule has 0 bridgehead atoms. The van der Waals surface area contributed by atoms with Crippen LogP contribution in [0.2, 0.25) is 0 Å². The Labute approximate surface area is 132 Å². The fourth-order valence-electron chi connectivity index (χ4n) is 2.61. The minimum Gasteiger partial charge on any atom is -0.337 e. The Balaban J connectivity index is 1.83. The standard InChI is InChI=1S/C15H19N3OS2/c1-10-12(21-13(17-10)11-4-3-7-20-11)14(19)18-6-5-15(2,8-16)9-18/h3-4,7H,5-6,8-9,16H2,1-2H3. The second-order valence-corrected chi connectivity index (χ2v) is 7.85. The van der Waals surface area contributed by atoms with E-state index in [0.717, 1.165) is 40.0 Å². The van der Waals surface area contributed by atoms with Gasteiger partial charge in [-0.25, -0.2) is 4.98 Å². The summed E-state index contributed by atoms with van der Waals surface area (Å²) in [5.41, 5.74) is 6.71. The van der Waals surface area contributed by atoms with E-state index in [1.807, 2.05) is 29.3 Å². The van der Waals surface area contributed by atoms with Crippen molar-refractivity contribution in [2.24, 2.45) is 11.1 Å². The molecular weight excluding hydrogens is 302 g/mol. The number of aromatic nitrogens is 1. The second kappa shape index (κ2) is 5.51. The van der Waals surface area contributed by atoms with E-state index in [2.05, 4.69) is 11.9 Å². The minimum atomic E-state index is 0.0604. The molecule has 2 aromatic heterocycles. The number of thiazole rings is 1. The Kier molecular flexibility index (Phi) is 3.86. The molecule has 3 heterocycles. The highest BCUT2D eigenvalue weighted by molar-refractivity contribution is 7.22. The molecule has 0 radical (unpaired) electrons. The molecule has 0 aliphatic carbocycles. The fourth-order valence-corrected chi connectivity index (χ4v) is 4.44. The summed E-state index contributed by atoms with van der Waals surface area (Å²) in [5, 5.41) is 2.97. The zero-order chi connectivity index (χ0) is 15.0. The number of aryl methyl sites for hydroxylation is 1. The molecule has 3 rings (SSSR count). The largest absolute Gasteiger partial charge is 0.337 e. The summed E-state index contributed by atoms with van der Waals surface area (Å²) in [7, 11) is 0. The Bertz CT molecular complexity index is 650. The summed E-state index contributed by atoms with van der Waals surface area (Å²) in [6.07, 6.45) is 0.977. The van der Waals surface area contributed by atoms with Gasteiger partial charge < -0.3 is 10.6 Å². The van der Waals surface area contributed by atoms with Gasteiger partial charge in [-0.1, -0.05) is 13.0 Å². The van der Waals surface area contributed by atoms with E-state index in [1.54, 1.807) is 11.3 Å². The number of hydrogen-bond donors (Lipinski definition) is 1. The van der Waals surface area contributed by atoms with Crippen molar-refractivity contribution in [2.45, 2.75) is 20.3 Å². The zero-order valence-electron chi connectivity index (χ0n) is 12.3. The van der Waals surface area contributed by atoms with Crippen LogP contribution in [0.3, 0.4) is 0 Å². The highest BCUT2D eigenvalue weighted by atomic mass is 32.1. The van der Waals surface area contributed by atoms with E-state index in [-0.39, 0.29) is 11.3 Å². The molecule has 1 atom stereocenters. The molecule has 2 N–H and O–H groups in total. The Morgan fingerprint density at radius 2 is 2.38 bits per heavy atom. The molecule has 2 aromatic rings. The molecule has 1 unspecified atom stereocenters. The van der Waals surface area contributed by atoms with Crippen molar-refractivity contribution in [3.63, 3.8) is 0 Å². The van der Waals surface area contributed by atoms with Gasteiger partial charge in [0.05, 0.1) is 10.6 Å². The third-order valence-electron chi connectivity index (χ3n) is 4.06. The number of carbonyl (C=O) groups is 1. The zero-order valence-corrected chi connectivity index (χ0v) is 13.9. The summed E-state index contributed by atoms with van der Waals surface area (Å²) in [6.45, 7) is 6.22. The Morgan fingerprint density at radius 3 is 3.00 bits per heavy atom. The molecule has 4 nitrogen and oxygen atoms in total. The van der Waals surface area contributed by atoms with Crippen LogP contribution < -0.4 is 5.73 Å². The second-order valence-electron chi connectivity index (χ2n) is 5.90. The maximum Gasteiger partial charge on any atom is 0.265 e. The third kappa shape index (κ3) is 2.75. The Morgan fingerprint density at radius 1 is 1.57 bits per heavy atom. The maximum absolute atomic E-state index is 12.7. The lowest BCUT2D eigenvalue weighted by Gasteiger charge is -2.22. The van der Waals surface area contributed by atoms with Crippen molar-refractivity contribution in [1.82, 2.24) is 9.88 Å². The molecule has 1 fully saturated rings. The number of nitrogens with two attached hydrogens (primary N) is 1. The van der Waals surface area contributed by atoms with Gasteiger partial charge in [0.2, 0.25) is 0 Å². The van der Waals surface area contributed by atoms with Gasteiger partial charge in [0.1, 0.15) is 9.88 Å². The highest BCUT2D eigenvalue weighted by Crippen LogP contribution is 2.34. The molecule has 1 aliphatic heterocycles. The molecule has 6 heteroatoms. The first-order valence-electron chi connectivity index (χ1n) is 7.03. The van der Waals surface area contributed by atoms with E-state index in [1.165, 1.54) is 11.3 Å². The van der Waals surface area contributed by atoms with Crippen LogP contribution in [0.4, 0.5) is 0 Å². The average molecular weight is 321 g/mol. The van der Waals surface area contributed by atoms with Crippen molar-refractivity contribution in [3.05, 3.63) is 28.1 Å². The van der Waals surface area contributed by atoms with Gasteiger partial charge in [-0.2, -0.15) is 0 Å². The molecule has 21 heavy (non-hydrogen) atoms. The summed E-state index contributed by atoms with van der Waals surface area (Å²) < 4.78 is 0. The molecular formula is C15H19N3OS2. The lowest BCUT2D eigenvalue weighted by atomic mass is 9.90. The molecule has 1 saturated heterocycles. The van der Waals surface area contributed by atoms with Gasteiger partial charge in [-0.3, -0.25) is 4.79 Å². The minimum absolute atomic E-state index is 0.0604. The van der Waals surface area contributed by atoms with Crippen molar-refractivity contribution < 1.29 is 4.79 Å².